The van der Waals surface area contributed by atoms with E-state index in [-0.39, 0.29) is 13.0 Å². The summed E-state index contributed by atoms with van der Waals surface area (Å²) in [7, 11) is -2.46. The first-order chi connectivity index (χ1) is 15.4. The molecule has 3 heterocycles. The maximum absolute atomic E-state index is 12.2. The monoisotopic (exact) mass is 487 g/mol. The molecule has 14 heteroatoms. The number of ether oxygens (including phenoxy) is 1. The summed E-state index contributed by atoms with van der Waals surface area (Å²) in [6, 6.07) is 0. The van der Waals surface area contributed by atoms with Crippen molar-refractivity contribution in [2.75, 3.05) is 25.3 Å². The average molecular weight is 487 g/mol. The summed E-state index contributed by atoms with van der Waals surface area (Å²) in [4.78, 5) is 18.6. The van der Waals surface area contributed by atoms with E-state index in [1.54, 1.807) is 41.4 Å². The summed E-state index contributed by atoms with van der Waals surface area (Å²) in [6.07, 6.45) is 1.33. The molecule has 0 aromatic carbocycles. The number of hydrogen-bond donors (Lipinski definition) is 4. The fourth-order valence-corrected chi connectivity index (χ4v) is 4.53. The highest BCUT2D eigenvalue weighted by atomic mass is 31.2. The topological polar surface area (TPSA) is 167 Å². The predicted octanol–water partition coefficient (Wildman–Crippen LogP) is 0.318. The van der Waals surface area contributed by atoms with Crippen LogP contribution in [0.1, 0.15) is 46.8 Å². The number of nitrogens with zero attached hydrogens (tertiary/aromatic N) is 6. The first kappa shape index (κ1) is 25.6. The van der Waals surface area contributed by atoms with E-state index in [2.05, 4.69) is 15.1 Å². The highest BCUT2D eigenvalue weighted by Gasteiger charge is 2.38. The van der Waals surface area contributed by atoms with E-state index in [0.29, 0.717) is 29.2 Å². The Labute approximate surface area is 191 Å². The van der Waals surface area contributed by atoms with Gasteiger partial charge in [-0.15, -0.1) is 5.10 Å². The third-order valence-corrected chi connectivity index (χ3v) is 7.39. The lowest BCUT2D eigenvalue weighted by molar-refractivity contribution is -0.750. The zero-order valence-corrected chi connectivity index (χ0v) is 20.3. The van der Waals surface area contributed by atoms with Crippen LogP contribution in [0.25, 0.3) is 11.2 Å². The van der Waals surface area contributed by atoms with Gasteiger partial charge in [-0.1, -0.05) is 11.9 Å². The van der Waals surface area contributed by atoms with Crippen LogP contribution in [-0.4, -0.2) is 78.4 Å². The molecule has 0 aliphatic carbocycles. The summed E-state index contributed by atoms with van der Waals surface area (Å²) in [5.74, 6) is -0.295. The quantitative estimate of drug-likeness (QED) is 0.256. The summed E-state index contributed by atoms with van der Waals surface area (Å²) in [6.45, 7) is 5.90. The number of aliphatic hydroxyl groups is 3. The maximum Gasteiger partial charge on any atom is 0.356 e. The Balaban J connectivity index is 1.88. The molecule has 0 bridgehead atoms. The number of aromatic nitrogens is 4. The largest absolute Gasteiger partial charge is 0.393 e. The second kappa shape index (κ2) is 9.71. The fraction of sp³-hybridized carbons (Fsp3) is 0.684. The molecule has 0 saturated carbocycles. The van der Waals surface area contributed by atoms with Crippen molar-refractivity contribution in [2.45, 2.75) is 64.3 Å². The standard InChI is InChI=1S/C19H31N6O7P/c1-6-19(4,32-33(29,30)13(3)27)7-8-31-18(14(28)9-26)25-11-24-12(2)22-23(5)16-15(24)17(25)21-10-20-16/h10-11,13-14,18,26-28H,6-9H2,1-5H3/p+1/t13?,14-,18-,19?/m1/s1. The lowest BCUT2D eigenvalue weighted by atomic mass is 10.0. The Bertz CT molecular complexity index is 1080. The van der Waals surface area contributed by atoms with Gasteiger partial charge in [-0.05, 0) is 20.3 Å². The summed E-state index contributed by atoms with van der Waals surface area (Å²) in [5.41, 5.74) is 0.0898. The molecule has 0 radical (unpaired) electrons. The zero-order chi connectivity index (χ0) is 24.6. The SMILES string of the molecule is CCC(C)(CCO[C@H]([C@H](O)CO)[n+]1cn2c3c(ncnc31)N(C)N=C2C)OP(=O)(O)C(C)O. The molecule has 5 atom stereocenters. The van der Waals surface area contributed by atoms with E-state index in [1.807, 2.05) is 6.92 Å². The first-order valence-electron chi connectivity index (χ1n) is 10.6. The van der Waals surface area contributed by atoms with Gasteiger partial charge in [0, 0.05) is 20.4 Å². The van der Waals surface area contributed by atoms with Gasteiger partial charge < -0.3 is 29.5 Å². The van der Waals surface area contributed by atoms with Crippen molar-refractivity contribution in [3.63, 3.8) is 0 Å². The molecule has 2 aromatic heterocycles. The number of aliphatic hydroxyl groups excluding tert-OH is 3. The van der Waals surface area contributed by atoms with Crippen LogP contribution < -0.4 is 9.58 Å². The van der Waals surface area contributed by atoms with E-state index < -0.39 is 38.0 Å². The van der Waals surface area contributed by atoms with Crippen LogP contribution in [-0.2, 0) is 13.8 Å². The number of hydrazone groups is 1. The van der Waals surface area contributed by atoms with Crippen molar-refractivity contribution in [3.05, 3.63) is 12.7 Å². The Kier molecular flexibility index (Phi) is 7.54. The van der Waals surface area contributed by atoms with Gasteiger partial charge in [-0.3, -0.25) is 4.57 Å². The molecule has 0 spiro atoms. The van der Waals surface area contributed by atoms with E-state index in [0.717, 1.165) is 0 Å². The van der Waals surface area contributed by atoms with E-state index in [1.165, 1.54) is 13.3 Å². The molecule has 4 N–H and O–H groups in total. The molecule has 0 fully saturated rings. The third-order valence-electron chi connectivity index (χ3n) is 5.74. The molecular weight excluding hydrogens is 455 g/mol. The van der Waals surface area contributed by atoms with Gasteiger partial charge in [0.2, 0.25) is 11.7 Å². The molecule has 0 amide bonds. The minimum atomic E-state index is -4.23. The summed E-state index contributed by atoms with van der Waals surface area (Å²) >= 11 is 0. The van der Waals surface area contributed by atoms with Crippen LogP contribution >= 0.6 is 7.60 Å². The Hall–Kier alpha value is -1.99. The van der Waals surface area contributed by atoms with Crippen molar-refractivity contribution >= 4 is 30.4 Å². The smallest absolute Gasteiger partial charge is 0.356 e. The van der Waals surface area contributed by atoms with Gasteiger partial charge in [0.15, 0.2) is 30.2 Å². The Morgan fingerprint density at radius 3 is 2.64 bits per heavy atom. The molecular formula is C19H32N6O7P+. The molecule has 1 aliphatic rings. The minimum absolute atomic E-state index is 0.0243. The second-order valence-electron chi connectivity index (χ2n) is 8.29. The molecule has 0 saturated heterocycles. The molecule has 13 nitrogen and oxygen atoms in total. The number of hydrogen-bond acceptors (Lipinski definition) is 10. The van der Waals surface area contributed by atoms with Gasteiger partial charge in [0.05, 0.1) is 18.8 Å². The molecule has 33 heavy (non-hydrogen) atoms. The lowest BCUT2D eigenvalue weighted by Gasteiger charge is -2.32. The average Bonchev–Trinajstić information content (AvgIpc) is 3.15. The van der Waals surface area contributed by atoms with Crippen molar-refractivity contribution in [1.29, 1.82) is 0 Å². The van der Waals surface area contributed by atoms with Crippen LogP contribution in [0.15, 0.2) is 17.8 Å². The Morgan fingerprint density at radius 1 is 1.33 bits per heavy atom. The molecule has 184 valence electrons. The minimum Gasteiger partial charge on any atom is -0.393 e. The lowest BCUT2D eigenvalue weighted by Crippen LogP contribution is -2.49. The molecule has 3 unspecified atom stereocenters. The Morgan fingerprint density at radius 2 is 2.03 bits per heavy atom. The van der Waals surface area contributed by atoms with Gasteiger partial charge in [-0.2, -0.15) is 4.98 Å². The van der Waals surface area contributed by atoms with Gasteiger partial charge in [0.25, 0.3) is 0 Å². The van der Waals surface area contributed by atoms with Crippen LogP contribution in [0.5, 0.6) is 0 Å². The van der Waals surface area contributed by atoms with E-state index >= 15 is 0 Å². The van der Waals surface area contributed by atoms with Crippen molar-refractivity contribution in [3.8, 4) is 0 Å². The maximum atomic E-state index is 12.2. The van der Waals surface area contributed by atoms with Crippen LogP contribution in [0.4, 0.5) is 5.82 Å². The number of anilines is 1. The van der Waals surface area contributed by atoms with E-state index in [9.17, 15) is 24.8 Å². The van der Waals surface area contributed by atoms with Crippen molar-refractivity contribution in [2.24, 2.45) is 5.10 Å². The predicted molar refractivity (Wildman–Crippen MR) is 119 cm³/mol. The van der Waals surface area contributed by atoms with Crippen LogP contribution in [0.2, 0.25) is 0 Å². The summed E-state index contributed by atoms with van der Waals surface area (Å²) in [5, 5.41) is 35.7. The van der Waals surface area contributed by atoms with Crippen molar-refractivity contribution < 1.29 is 38.6 Å². The van der Waals surface area contributed by atoms with Gasteiger partial charge in [0.1, 0.15) is 6.10 Å². The van der Waals surface area contributed by atoms with E-state index in [4.69, 9.17) is 9.26 Å². The fourth-order valence-electron chi connectivity index (χ4n) is 3.52. The zero-order valence-electron chi connectivity index (χ0n) is 19.4. The first-order valence-corrected chi connectivity index (χ1v) is 12.3. The second-order valence-corrected chi connectivity index (χ2v) is 10.3. The van der Waals surface area contributed by atoms with Gasteiger partial charge >= 0.3 is 13.2 Å². The normalized spacial score (nSPS) is 20.2. The highest BCUT2D eigenvalue weighted by molar-refractivity contribution is 7.53. The number of imidazole rings is 1. The van der Waals surface area contributed by atoms with Gasteiger partial charge in [-0.25, -0.2) is 14.1 Å². The molecule has 3 rings (SSSR count). The third kappa shape index (κ3) is 5.09. The molecule has 1 aliphatic heterocycles. The molecule has 2 aromatic rings. The van der Waals surface area contributed by atoms with Crippen LogP contribution in [0, 0.1) is 0 Å². The number of rotatable bonds is 11. The summed E-state index contributed by atoms with van der Waals surface area (Å²) < 4.78 is 26.9. The van der Waals surface area contributed by atoms with Crippen molar-refractivity contribution in [1.82, 2.24) is 14.5 Å². The van der Waals surface area contributed by atoms with Crippen LogP contribution in [0.3, 0.4) is 0 Å². The highest BCUT2D eigenvalue weighted by Crippen LogP contribution is 2.51.